The van der Waals surface area contributed by atoms with Crippen LogP contribution in [0.15, 0.2) is 63.9 Å². The van der Waals surface area contributed by atoms with E-state index in [1.807, 2.05) is 0 Å². The maximum atomic E-state index is 14.3. The van der Waals surface area contributed by atoms with Crippen LogP contribution in [0.5, 0.6) is 0 Å². The highest BCUT2D eigenvalue weighted by molar-refractivity contribution is 5.98. The van der Waals surface area contributed by atoms with E-state index in [2.05, 4.69) is 20.7 Å². The molecule has 12 heteroatoms. The van der Waals surface area contributed by atoms with Gasteiger partial charge in [0.1, 0.15) is 17.2 Å². The standard InChI is InChI=1S/C24H18F2N6O4/c1-31-18-8-13(6-7-20(18)36-24(31)35)10-27-22(33)17-9-19(32-21(30-17)16(26)12-29-32)23(34)28-11-14-4-2-3-5-15(14)25/h2-9,12H,10-11H2,1H3,(H,27,33)(H,28,34). The summed E-state index contributed by atoms with van der Waals surface area (Å²) in [5, 5.41) is 9.03. The fraction of sp³-hybridized carbons (Fsp3) is 0.125. The molecule has 0 aliphatic carbocycles. The first-order valence-corrected chi connectivity index (χ1v) is 10.7. The average molecular weight is 492 g/mol. The van der Waals surface area contributed by atoms with Crippen molar-refractivity contribution in [2.45, 2.75) is 13.1 Å². The van der Waals surface area contributed by atoms with Gasteiger partial charge in [0.15, 0.2) is 17.0 Å². The number of aryl methyl sites for hydroxylation is 1. The molecule has 0 aliphatic rings. The van der Waals surface area contributed by atoms with E-state index in [0.717, 1.165) is 10.7 Å². The fourth-order valence-electron chi connectivity index (χ4n) is 3.68. The van der Waals surface area contributed by atoms with E-state index in [1.54, 1.807) is 31.3 Å². The SMILES string of the molecule is Cn1c(=O)oc2ccc(CNC(=O)c3cc(C(=O)NCc4ccccc4F)n4ncc(F)c4n3)cc21. The number of rotatable bonds is 6. The van der Waals surface area contributed by atoms with Crippen molar-refractivity contribution in [2.75, 3.05) is 0 Å². The Hall–Kier alpha value is -4.87. The van der Waals surface area contributed by atoms with Crippen molar-refractivity contribution >= 4 is 28.6 Å². The summed E-state index contributed by atoms with van der Waals surface area (Å²) in [5.41, 5.74) is 1.22. The lowest BCUT2D eigenvalue weighted by Gasteiger charge is -2.10. The zero-order valence-corrected chi connectivity index (χ0v) is 18.8. The molecule has 0 spiro atoms. The minimum atomic E-state index is -0.820. The van der Waals surface area contributed by atoms with Gasteiger partial charge in [-0.3, -0.25) is 14.2 Å². The number of carbonyl (C=O) groups is 2. The molecule has 10 nitrogen and oxygen atoms in total. The first-order chi connectivity index (χ1) is 17.3. The highest BCUT2D eigenvalue weighted by Gasteiger charge is 2.20. The maximum Gasteiger partial charge on any atom is 0.419 e. The number of nitrogens with zero attached hydrogens (tertiary/aromatic N) is 4. The third-order valence-electron chi connectivity index (χ3n) is 5.60. The van der Waals surface area contributed by atoms with Crippen LogP contribution in [-0.4, -0.2) is 31.0 Å². The van der Waals surface area contributed by atoms with E-state index in [4.69, 9.17) is 4.42 Å². The Balaban J connectivity index is 1.38. The van der Waals surface area contributed by atoms with Crippen molar-refractivity contribution in [2.24, 2.45) is 7.05 Å². The Morgan fingerprint density at radius 2 is 1.78 bits per heavy atom. The molecule has 3 heterocycles. The van der Waals surface area contributed by atoms with Crippen LogP contribution >= 0.6 is 0 Å². The number of nitrogens with one attached hydrogen (secondary N) is 2. The topological polar surface area (TPSA) is 124 Å². The van der Waals surface area contributed by atoms with Gasteiger partial charge in [-0.1, -0.05) is 24.3 Å². The third kappa shape index (κ3) is 4.19. The summed E-state index contributed by atoms with van der Waals surface area (Å²) in [6.07, 6.45) is 0.877. The van der Waals surface area contributed by atoms with Gasteiger partial charge in [-0.05, 0) is 23.8 Å². The van der Waals surface area contributed by atoms with Gasteiger partial charge < -0.3 is 15.1 Å². The normalized spacial score (nSPS) is 11.2. The number of hydrogen-bond acceptors (Lipinski definition) is 6. The molecule has 0 aliphatic heterocycles. The van der Waals surface area contributed by atoms with Crippen LogP contribution in [0, 0.1) is 11.6 Å². The van der Waals surface area contributed by atoms with Gasteiger partial charge in [0.25, 0.3) is 11.8 Å². The number of hydrogen-bond donors (Lipinski definition) is 2. The molecule has 0 radical (unpaired) electrons. The van der Waals surface area contributed by atoms with Crippen molar-refractivity contribution in [3.8, 4) is 0 Å². The predicted octanol–water partition coefficient (Wildman–Crippen LogP) is 2.31. The predicted molar refractivity (Wildman–Crippen MR) is 123 cm³/mol. The van der Waals surface area contributed by atoms with Crippen LogP contribution in [0.25, 0.3) is 16.7 Å². The lowest BCUT2D eigenvalue weighted by atomic mass is 10.2. The third-order valence-corrected chi connectivity index (χ3v) is 5.60. The lowest BCUT2D eigenvalue weighted by molar-refractivity contribution is 0.0942. The van der Waals surface area contributed by atoms with Crippen LogP contribution in [0.2, 0.25) is 0 Å². The number of oxazole rings is 1. The van der Waals surface area contributed by atoms with E-state index in [1.165, 1.54) is 28.8 Å². The molecule has 5 aromatic rings. The maximum absolute atomic E-state index is 14.3. The van der Waals surface area contributed by atoms with E-state index in [0.29, 0.717) is 16.7 Å². The summed E-state index contributed by atoms with van der Waals surface area (Å²) < 4.78 is 35.6. The molecule has 5 rings (SSSR count). The first-order valence-electron chi connectivity index (χ1n) is 10.7. The number of halogens is 2. The first kappa shape index (κ1) is 22.9. The molecule has 0 unspecified atom stereocenters. The molecule has 0 atom stereocenters. The average Bonchev–Trinajstić information content (AvgIpc) is 3.39. The van der Waals surface area contributed by atoms with Crippen LogP contribution in [0.4, 0.5) is 8.78 Å². The zero-order chi connectivity index (χ0) is 25.4. The van der Waals surface area contributed by atoms with E-state index in [9.17, 15) is 23.2 Å². The molecule has 0 fully saturated rings. The zero-order valence-electron chi connectivity index (χ0n) is 18.8. The van der Waals surface area contributed by atoms with Gasteiger partial charge in [0.2, 0.25) is 0 Å². The van der Waals surface area contributed by atoms with Crippen LogP contribution in [0.1, 0.15) is 32.1 Å². The highest BCUT2D eigenvalue weighted by atomic mass is 19.1. The smallest absolute Gasteiger partial charge is 0.408 e. The van der Waals surface area contributed by atoms with Crippen molar-refractivity contribution in [1.29, 1.82) is 0 Å². The minimum absolute atomic E-state index is 0.0670. The fourth-order valence-corrected chi connectivity index (χ4v) is 3.68. The second-order valence-electron chi connectivity index (χ2n) is 7.94. The van der Waals surface area contributed by atoms with Gasteiger partial charge >= 0.3 is 5.76 Å². The Bertz CT molecular complexity index is 1700. The second kappa shape index (κ2) is 9.06. The van der Waals surface area contributed by atoms with E-state index < -0.39 is 29.2 Å². The van der Waals surface area contributed by atoms with Gasteiger partial charge in [0.05, 0.1) is 11.7 Å². The van der Waals surface area contributed by atoms with Gasteiger partial charge in [-0.15, -0.1) is 0 Å². The summed E-state index contributed by atoms with van der Waals surface area (Å²) in [7, 11) is 1.56. The monoisotopic (exact) mass is 492 g/mol. The summed E-state index contributed by atoms with van der Waals surface area (Å²) >= 11 is 0. The minimum Gasteiger partial charge on any atom is -0.408 e. The number of benzene rings is 2. The molecule has 0 bridgehead atoms. The summed E-state index contributed by atoms with van der Waals surface area (Å²) in [6, 6.07) is 12.1. The lowest BCUT2D eigenvalue weighted by Crippen LogP contribution is -2.28. The quantitative estimate of drug-likeness (QED) is 0.375. The highest BCUT2D eigenvalue weighted by Crippen LogP contribution is 2.15. The largest absolute Gasteiger partial charge is 0.419 e. The Kier molecular flexibility index (Phi) is 5.76. The van der Waals surface area contributed by atoms with Crippen LogP contribution in [-0.2, 0) is 20.1 Å². The molecule has 3 aromatic heterocycles. The Morgan fingerprint density at radius 1 is 1.00 bits per heavy atom. The molecular formula is C24H18F2N6O4. The Labute approximate surface area is 201 Å². The van der Waals surface area contributed by atoms with Crippen LogP contribution < -0.4 is 16.4 Å². The van der Waals surface area contributed by atoms with Gasteiger partial charge in [-0.25, -0.2) is 23.1 Å². The van der Waals surface area contributed by atoms with E-state index in [-0.39, 0.29) is 35.7 Å². The number of fused-ring (bicyclic) bond motifs is 2. The second-order valence-corrected chi connectivity index (χ2v) is 7.94. The molecule has 0 saturated heterocycles. The summed E-state index contributed by atoms with van der Waals surface area (Å²) in [5.74, 6) is -3.18. The Morgan fingerprint density at radius 3 is 2.58 bits per heavy atom. The molecule has 0 saturated carbocycles. The molecule has 36 heavy (non-hydrogen) atoms. The van der Waals surface area contributed by atoms with Crippen molar-refractivity contribution in [1.82, 2.24) is 29.8 Å². The van der Waals surface area contributed by atoms with Crippen molar-refractivity contribution in [3.05, 3.63) is 99.4 Å². The summed E-state index contributed by atoms with van der Waals surface area (Å²) in [6.45, 7) is -0.0584. The summed E-state index contributed by atoms with van der Waals surface area (Å²) in [4.78, 5) is 41.4. The number of aromatic nitrogens is 4. The molecule has 2 N–H and O–H groups in total. The molecular weight excluding hydrogens is 474 g/mol. The van der Waals surface area contributed by atoms with Gasteiger partial charge in [-0.2, -0.15) is 5.10 Å². The van der Waals surface area contributed by atoms with E-state index >= 15 is 0 Å². The molecule has 182 valence electrons. The molecule has 2 amide bonds. The molecule has 2 aromatic carbocycles. The van der Waals surface area contributed by atoms with Crippen LogP contribution in [0.3, 0.4) is 0 Å². The van der Waals surface area contributed by atoms with Gasteiger partial charge in [0, 0.05) is 31.8 Å². The number of carbonyl (C=O) groups excluding carboxylic acids is 2. The van der Waals surface area contributed by atoms with Crippen molar-refractivity contribution in [3.63, 3.8) is 0 Å². The van der Waals surface area contributed by atoms with Crippen molar-refractivity contribution < 1.29 is 22.8 Å². The number of amides is 2.